The SMILES string of the molecule is Cc1ccc(C)c2cc(C(=O)O)c(C(=O)O)cc12. The van der Waals surface area contributed by atoms with Crippen LogP contribution in [0.15, 0.2) is 24.3 Å². The molecule has 0 fully saturated rings. The van der Waals surface area contributed by atoms with Crippen LogP contribution in [-0.2, 0) is 0 Å². The second-order valence-electron chi connectivity index (χ2n) is 4.25. The molecule has 4 nitrogen and oxygen atoms in total. The minimum atomic E-state index is -1.23. The number of carboxylic acid groups (broad SMARTS) is 2. The van der Waals surface area contributed by atoms with Crippen molar-refractivity contribution in [1.82, 2.24) is 0 Å². The van der Waals surface area contributed by atoms with Crippen molar-refractivity contribution in [3.05, 3.63) is 46.5 Å². The fourth-order valence-corrected chi connectivity index (χ4v) is 2.04. The Labute approximate surface area is 103 Å². The Balaban J connectivity index is 2.93. The zero-order valence-corrected chi connectivity index (χ0v) is 10.0. The first kappa shape index (κ1) is 12.1. The summed E-state index contributed by atoms with van der Waals surface area (Å²) in [6.07, 6.45) is 0. The van der Waals surface area contributed by atoms with Gasteiger partial charge in [0, 0.05) is 0 Å². The number of rotatable bonds is 2. The third-order valence-corrected chi connectivity index (χ3v) is 3.05. The van der Waals surface area contributed by atoms with Crippen LogP contribution >= 0.6 is 0 Å². The molecule has 0 heterocycles. The fourth-order valence-electron chi connectivity index (χ4n) is 2.04. The minimum Gasteiger partial charge on any atom is -0.478 e. The molecule has 92 valence electrons. The van der Waals surface area contributed by atoms with E-state index in [1.54, 1.807) is 0 Å². The summed E-state index contributed by atoms with van der Waals surface area (Å²) >= 11 is 0. The van der Waals surface area contributed by atoms with Crippen LogP contribution in [0.4, 0.5) is 0 Å². The standard InChI is InChI=1S/C14H12O4/c1-7-3-4-8(2)10-6-12(14(17)18)11(13(15)16)5-9(7)10/h3-6H,1-2H3,(H,15,16)(H,17,18). The molecule has 0 aliphatic rings. The van der Waals surface area contributed by atoms with E-state index >= 15 is 0 Å². The van der Waals surface area contributed by atoms with E-state index in [1.807, 2.05) is 26.0 Å². The van der Waals surface area contributed by atoms with Gasteiger partial charge in [0.2, 0.25) is 0 Å². The van der Waals surface area contributed by atoms with E-state index in [0.717, 1.165) is 21.9 Å². The van der Waals surface area contributed by atoms with Crippen LogP contribution in [0.5, 0.6) is 0 Å². The normalized spacial score (nSPS) is 10.6. The van der Waals surface area contributed by atoms with Crippen LogP contribution in [0.25, 0.3) is 10.8 Å². The van der Waals surface area contributed by atoms with Crippen LogP contribution in [0, 0.1) is 13.8 Å². The summed E-state index contributed by atoms with van der Waals surface area (Å²) in [7, 11) is 0. The summed E-state index contributed by atoms with van der Waals surface area (Å²) in [4.78, 5) is 22.2. The highest BCUT2D eigenvalue weighted by Crippen LogP contribution is 2.26. The summed E-state index contributed by atoms with van der Waals surface area (Å²) < 4.78 is 0. The molecule has 0 saturated carbocycles. The Hall–Kier alpha value is -2.36. The molecule has 4 heteroatoms. The van der Waals surface area contributed by atoms with Gasteiger partial charge in [0.05, 0.1) is 11.1 Å². The van der Waals surface area contributed by atoms with Gasteiger partial charge >= 0.3 is 11.9 Å². The van der Waals surface area contributed by atoms with E-state index in [1.165, 1.54) is 12.1 Å². The van der Waals surface area contributed by atoms with Crippen molar-refractivity contribution in [3.8, 4) is 0 Å². The molecule has 0 aliphatic heterocycles. The molecular formula is C14H12O4. The topological polar surface area (TPSA) is 74.6 Å². The van der Waals surface area contributed by atoms with Gasteiger partial charge in [-0.3, -0.25) is 0 Å². The number of hydrogen-bond acceptors (Lipinski definition) is 2. The van der Waals surface area contributed by atoms with Gasteiger partial charge in [-0.2, -0.15) is 0 Å². The molecule has 0 atom stereocenters. The minimum absolute atomic E-state index is 0.177. The van der Waals surface area contributed by atoms with E-state index in [9.17, 15) is 9.59 Å². The van der Waals surface area contributed by atoms with Crippen molar-refractivity contribution in [2.24, 2.45) is 0 Å². The fraction of sp³-hybridized carbons (Fsp3) is 0.143. The molecule has 2 aromatic rings. The summed E-state index contributed by atoms with van der Waals surface area (Å²) in [5.41, 5.74) is 1.50. The number of hydrogen-bond donors (Lipinski definition) is 2. The lowest BCUT2D eigenvalue weighted by atomic mass is 9.95. The second kappa shape index (κ2) is 4.14. The molecule has 0 spiro atoms. The molecule has 0 amide bonds. The van der Waals surface area contributed by atoms with Crippen molar-refractivity contribution < 1.29 is 19.8 Å². The van der Waals surface area contributed by atoms with E-state index in [-0.39, 0.29) is 11.1 Å². The average molecular weight is 244 g/mol. The smallest absolute Gasteiger partial charge is 0.336 e. The third kappa shape index (κ3) is 1.82. The molecule has 0 unspecified atom stereocenters. The Morgan fingerprint density at radius 3 is 1.44 bits per heavy atom. The molecular weight excluding hydrogens is 232 g/mol. The van der Waals surface area contributed by atoms with E-state index in [2.05, 4.69) is 0 Å². The Bertz CT molecular complexity index is 613. The van der Waals surface area contributed by atoms with Gasteiger partial charge in [-0.15, -0.1) is 0 Å². The van der Waals surface area contributed by atoms with Gasteiger partial charge in [-0.05, 0) is 47.9 Å². The Morgan fingerprint density at radius 1 is 0.833 bits per heavy atom. The van der Waals surface area contributed by atoms with Gasteiger partial charge < -0.3 is 10.2 Å². The largest absolute Gasteiger partial charge is 0.478 e. The van der Waals surface area contributed by atoms with Crippen molar-refractivity contribution in [2.45, 2.75) is 13.8 Å². The maximum atomic E-state index is 11.1. The molecule has 2 rings (SSSR count). The third-order valence-electron chi connectivity index (χ3n) is 3.05. The van der Waals surface area contributed by atoms with Crippen molar-refractivity contribution in [1.29, 1.82) is 0 Å². The quantitative estimate of drug-likeness (QED) is 0.851. The lowest BCUT2D eigenvalue weighted by Crippen LogP contribution is -2.08. The zero-order valence-electron chi connectivity index (χ0n) is 10.0. The van der Waals surface area contributed by atoms with Crippen LogP contribution in [-0.4, -0.2) is 22.2 Å². The summed E-state index contributed by atoms with van der Waals surface area (Å²) in [6, 6.07) is 6.65. The lowest BCUT2D eigenvalue weighted by Gasteiger charge is -2.09. The Morgan fingerprint density at radius 2 is 1.17 bits per heavy atom. The molecule has 2 aromatic carbocycles. The van der Waals surface area contributed by atoms with E-state index in [0.29, 0.717) is 0 Å². The van der Waals surface area contributed by atoms with Gasteiger partial charge in [-0.25, -0.2) is 9.59 Å². The van der Waals surface area contributed by atoms with Gasteiger partial charge in [0.25, 0.3) is 0 Å². The van der Waals surface area contributed by atoms with Gasteiger partial charge in [0.1, 0.15) is 0 Å². The first-order valence-electron chi connectivity index (χ1n) is 5.42. The highest BCUT2D eigenvalue weighted by atomic mass is 16.4. The number of carboxylic acids is 2. The van der Waals surface area contributed by atoms with Crippen molar-refractivity contribution in [3.63, 3.8) is 0 Å². The van der Waals surface area contributed by atoms with Gasteiger partial charge in [-0.1, -0.05) is 12.1 Å². The monoisotopic (exact) mass is 244 g/mol. The van der Waals surface area contributed by atoms with Crippen LogP contribution in [0.3, 0.4) is 0 Å². The molecule has 0 aromatic heterocycles. The van der Waals surface area contributed by atoms with E-state index < -0.39 is 11.9 Å². The molecule has 2 N–H and O–H groups in total. The van der Waals surface area contributed by atoms with Crippen molar-refractivity contribution in [2.75, 3.05) is 0 Å². The number of benzene rings is 2. The van der Waals surface area contributed by atoms with Gasteiger partial charge in [0.15, 0.2) is 0 Å². The first-order chi connectivity index (χ1) is 8.41. The number of carbonyl (C=O) groups is 2. The average Bonchev–Trinajstić information content (AvgIpc) is 2.32. The molecule has 0 saturated heterocycles. The first-order valence-corrected chi connectivity index (χ1v) is 5.42. The van der Waals surface area contributed by atoms with E-state index in [4.69, 9.17) is 10.2 Å². The molecule has 18 heavy (non-hydrogen) atoms. The Kier molecular flexibility index (Phi) is 2.79. The predicted octanol–water partition coefficient (Wildman–Crippen LogP) is 2.85. The maximum Gasteiger partial charge on any atom is 0.336 e. The summed E-state index contributed by atoms with van der Waals surface area (Å²) in [6.45, 7) is 3.74. The summed E-state index contributed by atoms with van der Waals surface area (Å²) in [5, 5.41) is 19.7. The molecule has 0 aliphatic carbocycles. The number of aryl methyl sites for hydroxylation is 2. The van der Waals surface area contributed by atoms with Crippen LogP contribution < -0.4 is 0 Å². The lowest BCUT2D eigenvalue weighted by molar-refractivity contribution is 0.0652. The second-order valence-corrected chi connectivity index (χ2v) is 4.25. The van der Waals surface area contributed by atoms with Crippen molar-refractivity contribution >= 4 is 22.7 Å². The maximum absolute atomic E-state index is 11.1. The zero-order chi connectivity index (χ0) is 13.4. The molecule has 0 radical (unpaired) electrons. The number of aromatic carboxylic acids is 2. The highest BCUT2D eigenvalue weighted by molar-refractivity contribution is 6.07. The number of fused-ring (bicyclic) bond motifs is 1. The van der Waals surface area contributed by atoms with Crippen LogP contribution in [0.1, 0.15) is 31.8 Å². The van der Waals surface area contributed by atoms with Crippen LogP contribution in [0.2, 0.25) is 0 Å². The molecule has 0 bridgehead atoms. The summed E-state index contributed by atoms with van der Waals surface area (Å²) in [5.74, 6) is -2.45. The predicted molar refractivity (Wildman–Crippen MR) is 67.3 cm³/mol. The highest BCUT2D eigenvalue weighted by Gasteiger charge is 2.18.